The number of hydrogen-bond acceptors (Lipinski definition) is 4. The van der Waals surface area contributed by atoms with Crippen molar-refractivity contribution in [3.8, 4) is 11.5 Å². The lowest BCUT2D eigenvalue weighted by molar-refractivity contribution is -0.134. The highest BCUT2D eigenvalue weighted by molar-refractivity contribution is 5.89. The van der Waals surface area contributed by atoms with Gasteiger partial charge in [-0.25, -0.2) is 0 Å². The van der Waals surface area contributed by atoms with Gasteiger partial charge in [-0.05, 0) is 70.1 Å². The molecule has 0 radical (unpaired) electrons. The number of Topliss-reactive ketones (excluding diaryl/α,β-unsaturated/α-hetero) is 2. The topological polar surface area (TPSA) is 74.6 Å². The van der Waals surface area contributed by atoms with Crippen LogP contribution >= 0.6 is 0 Å². The molecule has 1 fully saturated rings. The minimum Gasteiger partial charge on any atom is -0.508 e. The van der Waals surface area contributed by atoms with Gasteiger partial charge in [0.05, 0.1) is 0 Å². The zero-order valence-corrected chi connectivity index (χ0v) is 20.0. The van der Waals surface area contributed by atoms with E-state index in [2.05, 4.69) is 6.92 Å². The summed E-state index contributed by atoms with van der Waals surface area (Å²) in [6.07, 6.45) is 8.28. The molecule has 170 valence electrons. The standard InChI is InChI=1S/C27H38O4/c1-18(2)8-11-24(30)27(6)13-7-12-26(27,5)17-23(29)14-19(3)9-10-21-16-22(28)15-20(4)25(21)31/h8-9,15-16,28,31H,7,10-14,17H2,1-6H3/t26-,27+/m1/s1. The molecule has 4 nitrogen and oxygen atoms in total. The fraction of sp³-hybridized carbons (Fsp3) is 0.556. The Kier molecular flexibility index (Phi) is 7.91. The SMILES string of the molecule is CC(C)=CCC(=O)[C@]1(C)CCC[C@]1(C)CC(=O)CC(C)=CCc1cc(O)cc(C)c1O. The van der Waals surface area contributed by atoms with E-state index in [4.69, 9.17) is 0 Å². The molecule has 0 unspecified atom stereocenters. The highest BCUT2D eigenvalue weighted by Crippen LogP contribution is 2.56. The highest BCUT2D eigenvalue weighted by Gasteiger charge is 2.52. The third-order valence-corrected chi connectivity index (χ3v) is 7.15. The third kappa shape index (κ3) is 5.87. The van der Waals surface area contributed by atoms with Crippen molar-refractivity contribution >= 4 is 11.6 Å². The third-order valence-electron chi connectivity index (χ3n) is 7.15. The van der Waals surface area contributed by atoms with E-state index in [-0.39, 0.29) is 28.5 Å². The van der Waals surface area contributed by atoms with Gasteiger partial charge in [-0.2, -0.15) is 0 Å². The zero-order valence-electron chi connectivity index (χ0n) is 20.0. The number of ketones is 2. The van der Waals surface area contributed by atoms with Gasteiger partial charge < -0.3 is 10.2 Å². The lowest BCUT2D eigenvalue weighted by atomic mass is 9.62. The number of allylic oxidation sites excluding steroid dienone is 4. The second-order valence-corrected chi connectivity index (χ2v) is 10.1. The summed E-state index contributed by atoms with van der Waals surface area (Å²) in [6.45, 7) is 11.8. The van der Waals surface area contributed by atoms with Gasteiger partial charge in [0.15, 0.2) is 0 Å². The van der Waals surface area contributed by atoms with E-state index < -0.39 is 5.41 Å². The minimum atomic E-state index is -0.461. The summed E-state index contributed by atoms with van der Waals surface area (Å²) in [5.41, 5.74) is 2.58. The first-order valence-electron chi connectivity index (χ1n) is 11.2. The number of carbonyl (C=O) groups is 2. The van der Waals surface area contributed by atoms with Crippen LogP contribution in [0, 0.1) is 17.8 Å². The van der Waals surface area contributed by atoms with Crippen LogP contribution in [0.25, 0.3) is 0 Å². The van der Waals surface area contributed by atoms with Gasteiger partial charge in [0.1, 0.15) is 23.1 Å². The van der Waals surface area contributed by atoms with Crippen LogP contribution in [0.2, 0.25) is 0 Å². The lowest BCUT2D eigenvalue weighted by Crippen LogP contribution is -2.41. The average molecular weight is 427 g/mol. The summed E-state index contributed by atoms with van der Waals surface area (Å²) in [6, 6.07) is 3.08. The summed E-state index contributed by atoms with van der Waals surface area (Å²) in [7, 11) is 0. The normalized spacial score (nSPS) is 23.6. The Morgan fingerprint density at radius 2 is 1.74 bits per heavy atom. The fourth-order valence-electron chi connectivity index (χ4n) is 4.84. The molecule has 0 aliphatic heterocycles. The van der Waals surface area contributed by atoms with Crippen LogP contribution in [0.3, 0.4) is 0 Å². The van der Waals surface area contributed by atoms with E-state index in [9.17, 15) is 19.8 Å². The maximum absolute atomic E-state index is 13.0. The first kappa shape index (κ1) is 24.9. The predicted molar refractivity (Wildman–Crippen MR) is 125 cm³/mol. The number of carbonyl (C=O) groups excluding carboxylic acids is 2. The number of hydrogen-bond donors (Lipinski definition) is 2. The maximum atomic E-state index is 13.0. The monoisotopic (exact) mass is 426 g/mol. The predicted octanol–water partition coefficient (Wildman–Crippen LogP) is 6.37. The summed E-state index contributed by atoms with van der Waals surface area (Å²) in [4.78, 5) is 25.9. The average Bonchev–Trinajstić information content (AvgIpc) is 2.96. The summed E-state index contributed by atoms with van der Waals surface area (Å²) in [5.74, 6) is 0.690. The van der Waals surface area contributed by atoms with E-state index in [0.29, 0.717) is 36.8 Å². The van der Waals surface area contributed by atoms with Crippen molar-refractivity contribution in [1.29, 1.82) is 0 Å². The Hall–Kier alpha value is -2.36. The molecule has 1 aliphatic rings. The number of aromatic hydroxyl groups is 2. The van der Waals surface area contributed by atoms with Gasteiger partial charge in [0, 0.05) is 30.2 Å². The smallest absolute Gasteiger partial charge is 0.143 e. The molecule has 0 bridgehead atoms. The van der Waals surface area contributed by atoms with Gasteiger partial charge in [-0.15, -0.1) is 0 Å². The largest absolute Gasteiger partial charge is 0.508 e. The minimum absolute atomic E-state index is 0.124. The lowest BCUT2D eigenvalue weighted by Gasteiger charge is -2.39. The Morgan fingerprint density at radius 3 is 2.39 bits per heavy atom. The first-order chi connectivity index (χ1) is 14.4. The van der Waals surface area contributed by atoms with Crippen LogP contribution in [0.15, 0.2) is 35.4 Å². The molecule has 31 heavy (non-hydrogen) atoms. The van der Waals surface area contributed by atoms with Crippen LogP contribution in [0.5, 0.6) is 11.5 Å². The molecule has 1 aliphatic carbocycles. The van der Waals surface area contributed by atoms with E-state index in [1.165, 1.54) is 6.07 Å². The van der Waals surface area contributed by atoms with Crippen molar-refractivity contribution in [1.82, 2.24) is 0 Å². The number of benzene rings is 1. The quantitative estimate of drug-likeness (QED) is 0.355. The summed E-state index contributed by atoms with van der Waals surface area (Å²) in [5, 5.41) is 19.9. The second-order valence-electron chi connectivity index (χ2n) is 10.1. The Bertz CT molecular complexity index is 904. The molecule has 4 heteroatoms. The van der Waals surface area contributed by atoms with E-state index >= 15 is 0 Å². The van der Waals surface area contributed by atoms with Gasteiger partial charge in [-0.3, -0.25) is 9.59 Å². The van der Waals surface area contributed by atoms with E-state index in [1.807, 2.05) is 39.8 Å². The Balaban J connectivity index is 2.06. The van der Waals surface area contributed by atoms with Crippen molar-refractivity contribution in [3.05, 3.63) is 46.6 Å². The first-order valence-corrected chi connectivity index (χ1v) is 11.2. The van der Waals surface area contributed by atoms with Crippen molar-refractivity contribution < 1.29 is 19.8 Å². The second kappa shape index (κ2) is 9.84. The molecular formula is C27H38O4. The fourth-order valence-corrected chi connectivity index (χ4v) is 4.84. The molecule has 2 N–H and O–H groups in total. The molecule has 1 aromatic rings. The number of phenols is 2. The van der Waals surface area contributed by atoms with Gasteiger partial charge in [-0.1, -0.05) is 43.6 Å². The molecule has 0 heterocycles. The van der Waals surface area contributed by atoms with Gasteiger partial charge >= 0.3 is 0 Å². The summed E-state index contributed by atoms with van der Waals surface area (Å²) >= 11 is 0. The van der Waals surface area contributed by atoms with Crippen molar-refractivity contribution in [2.75, 3.05) is 0 Å². The number of rotatable bonds is 9. The highest BCUT2D eigenvalue weighted by atomic mass is 16.3. The van der Waals surface area contributed by atoms with Crippen molar-refractivity contribution in [3.63, 3.8) is 0 Å². The van der Waals surface area contributed by atoms with Gasteiger partial charge in [0.25, 0.3) is 0 Å². The van der Waals surface area contributed by atoms with Gasteiger partial charge in [0.2, 0.25) is 0 Å². The molecule has 0 amide bonds. The van der Waals surface area contributed by atoms with E-state index in [0.717, 1.165) is 30.4 Å². The molecular weight excluding hydrogens is 388 g/mol. The molecule has 0 saturated heterocycles. The van der Waals surface area contributed by atoms with Crippen molar-refractivity contribution in [2.45, 2.75) is 86.5 Å². The number of aryl methyl sites for hydroxylation is 1. The van der Waals surface area contributed by atoms with Crippen molar-refractivity contribution in [2.24, 2.45) is 10.8 Å². The maximum Gasteiger partial charge on any atom is 0.143 e. The Morgan fingerprint density at radius 1 is 1.06 bits per heavy atom. The molecule has 1 aromatic carbocycles. The molecule has 1 saturated carbocycles. The zero-order chi connectivity index (χ0) is 23.4. The van der Waals surface area contributed by atoms with Crippen LogP contribution in [0.1, 0.15) is 84.3 Å². The summed E-state index contributed by atoms with van der Waals surface area (Å²) < 4.78 is 0. The van der Waals surface area contributed by atoms with Crippen LogP contribution < -0.4 is 0 Å². The Labute approximate surface area is 187 Å². The van der Waals surface area contributed by atoms with Crippen LogP contribution in [0.4, 0.5) is 0 Å². The molecule has 0 spiro atoms. The van der Waals surface area contributed by atoms with Crippen LogP contribution in [-0.4, -0.2) is 21.8 Å². The van der Waals surface area contributed by atoms with E-state index in [1.54, 1.807) is 13.0 Å². The number of phenolic OH excluding ortho intramolecular Hbond substituents is 2. The molecule has 0 aromatic heterocycles. The molecule has 2 rings (SSSR count). The van der Waals surface area contributed by atoms with Crippen LogP contribution in [-0.2, 0) is 16.0 Å². The molecule has 2 atom stereocenters.